The Hall–Kier alpha value is -1.40. The number of hydrogen-bond acceptors (Lipinski definition) is 3. The third kappa shape index (κ3) is 3.54. The Labute approximate surface area is 127 Å². The van der Waals surface area contributed by atoms with E-state index < -0.39 is 4.92 Å². The molecule has 4 nitrogen and oxygen atoms in total. The van der Waals surface area contributed by atoms with Crippen molar-refractivity contribution in [3.63, 3.8) is 0 Å². The van der Waals surface area contributed by atoms with E-state index in [0.717, 1.165) is 11.3 Å². The van der Waals surface area contributed by atoms with Crippen molar-refractivity contribution in [2.24, 2.45) is 0 Å². The molecule has 0 spiro atoms. The number of anilines is 1. The van der Waals surface area contributed by atoms with E-state index in [4.69, 9.17) is 0 Å². The number of nitrogens with one attached hydrogen (secondary N) is 1. The summed E-state index contributed by atoms with van der Waals surface area (Å²) in [7, 11) is 0. The molecule has 0 fully saturated rings. The normalized spacial score (nSPS) is 10.2. The highest BCUT2D eigenvalue weighted by Gasteiger charge is 2.13. The van der Waals surface area contributed by atoms with Gasteiger partial charge in [0.2, 0.25) is 0 Å². The first kappa shape index (κ1) is 14.0. The molecule has 0 aliphatic rings. The van der Waals surface area contributed by atoms with Gasteiger partial charge in [-0.1, -0.05) is 30.3 Å². The quantitative estimate of drug-likeness (QED) is 0.611. The Kier molecular flexibility index (Phi) is 4.55. The first-order valence-corrected chi connectivity index (χ1v) is 7.08. The van der Waals surface area contributed by atoms with Crippen molar-refractivity contribution in [2.75, 3.05) is 5.32 Å². The first-order chi connectivity index (χ1) is 9.08. The van der Waals surface area contributed by atoms with Crippen molar-refractivity contribution in [1.82, 2.24) is 0 Å². The summed E-state index contributed by atoms with van der Waals surface area (Å²) < 4.78 is 1.31. The lowest BCUT2D eigenvalue weighted by Crippen LogP contribution is -2.01. The Morgan fingerprint density at radius 1 is 1.11 bits per heavy atom. The standard InChI is InChI=1S/C13H10Br2N2O2/c14-11-6-10(17(18)19)7-12(15)13(11)16-8-9-4-2-1-3-5-9/h1-7,16H,8H2. The summed E-state index contributed by atoms with van der Waals surface area (Å²) in [4.78, 5) is 10.3. The molecule has 19 heavy (non-hydrogen) atoms. The first-order valence-electron chi connectivity index (χ1n) is 5.49. The van der Waals surface area contributed by atoms with Gasteiger partial charge in [0.1, 0.15) is 0 Å². The number of non-ortho nitro benzene ring substituents is 1. The van der Waals surface area contributed by atoms with Gasteiger partial charge in [-0.3, -0.25) is 10.1 Å². The van der Waals surface area contributed by atoms with Crippen LogP contribution in [0.5, 0.6) is 0 Å². The van der Waals surface area contributed by atoms with Crippen molar-refractivity contribution in [2.45, 2.75) is 6.54 Å². The zero-order valence-corrected chi connectivity index (χ0v) is 12.9. The summed E-state index contributed by atoms with van der Waals surface area (Å²) >= 11 is 6.69. The lowest BCUT2D eigenvalue weighted by molar-refractivity contribution is -0.385. The number of nitro groups is 1. The second-order valence-electron chi connectivity index (χ2n) is 3.88. The minimum absolute atomic E-state index is 0.0454. The molecule has 0 radical (unpaired) electrons. The maximum Gasteiger partial charge on any atom is 0.271 e. The van der Waals surface area contributed by atoms with Crippen LogP contribution in [-0.2, 0) is 6.54 Å². The van der Waals surface area contributed by atoms with Crippen molar-refractivity contribution >= 4 is 43.2 Å². The predicted octanol–water partition coefficient (Wildman–Crippen LogP) is 4.73. The second kappa shape index (κ2) is 6.16. The Morgan fingerprint density at radius 3 is 2.21 bits per heavy atom. The molecule has 0 saturated carbocycles. The molecule has 2 rings (SSSR count). The van der Waals surface area contributed by atoms with Crippen LogP contribution in [0.3, 0.4) is 0 Å². The highest BCUT2D eigenvalue weighted by molar-refractivity contribution is 9.11. The molecule has 0 aliphatic heterocycles. The van der Waals surface area contributed by atoms with Gasteiger partial charge in [-0.2, -0.15) is 0 Å². The molecule has 98 valence electrons. The Bertz CT molecular complexity index is 580. The number of benzene rings is 2. The van der Waals surface area contributed by atoms with Crippen molar-refractivity contribution in [3.05, 3.63) is 67.1 Å². The summed E-state index contributed by atoms with van der Waals surface area (Å²) in [6.07, 6.45) is 0. The lowest BCUT2D eigenvalue weighted by atomic mass is 10.2. The highest BCUT2D eigenvalue weighted by Crippen LogP contribution is 2.35. The molecule has 0 saturated heterocycles. The number of rotatable bonds is 4. The van der Waals surface area contributed by atoms with Gasteiger partial charge in [0.05, 0.1) is 10.6 Å². The number of hydrogen-bond donors (Lipinski definition) is 1. The Morgan fingerprint density at radius 2 is 1.68 bits per heavy atom. The van der Waals surface area contributed by atoms with Crippen LogP contribution in [0.25, 0.3) is 0 Å². The topological polar surface area (TPSA) is 55.2 Å². The lowest BCUT2D eigenvalue weighted by Gasteiger charge is -2.10. The fourth-order valence-electron chi connectivity index (χ4n) is 1.62. The van der Waals surface area contributed by atoms with Crippen LogP contribution >= 0.6 is 31.9 Å². The molecule has 0 atom stereocenters. The molecule has 0 bridgehead atoms. The zero-order valence-electron chi connectivity index (χ0n) is 9.77. The third-order valence-corrected chi connectivity index (χ3v) is 3.80. The third-order valence-electron chi connectivity index (χ3n) is 2.55. The predicted molar refractivity (Wildman–Crippen MR) is 82.3 cm³/mol. The van der Waals surface area contributed by atoms with Gasteiger partial charge in [-0.05, 0) is 37.4 Å². The molecule has 6 heteroatoms. The molecule has 0 amide bonds. The van der Waals surface area contributed by atoms with Crippen LogP contribution in [-0.4, -0.2) is 4.92 Å². The van der Waals surface area contributed by atoms with Gasteiger partial charge in [0.15, 0.2) is 0 Å². The van der Waals surface area contributed by atoms with E-state index in [-0.39, 0.29) is 5.69 Å². The van der Waals surface area contributed by atoms with Crippen LogP contribution in [0.4, 0.5) is 11.4 Å². The average molecular weight is 386 g/mol. The van der Waals surface area contributed by atoms with Crippen LogP contribution in [0.15, 0.2) is 51.4 Å². The molecule has 0 unspecified atom stereocenters. The molecule has 2 aromatic carbocycles. The van der Waals surface area contributed by atoms with Crippen LogP contribution in [0.2, 0.25) is 0 Å². The van der Waals surface area contributed by atoms with Gasteiger partial charge < -0.3 is 5.32 Å². The highest BCUT2D eigenvalue weighted by atomic mass is 79.9. The zero-order chi connectivity index (χ0) is 13.8. The van der Waals surface area contributed by atoms with E-state index in [1.54, 1.807) is 0 Å². The molecule has 0 heterocycles. The Balaban J connectivity index is 2.19. The number of halogens is 2. The second-order valence-corrected chi connectivity index (χ2v) is 5.59. The molecule has 2 aromatic rings. The monoisotopic (exact) mass is 384 g/mol. The summed E-state index contributed by atoms with van der Waals surface area (Å²) in [6.45, 7) is 0.649. The van der Waals surface area contributed by atoms with Gasteiger partial charge in [0, 0.05) is 27.6 Å². The summed E-state index contributed by atoms with van der Waals surface area (Å²) in [5.41, 5.74) is 1.98. The smallest absolute Gasteiger partial charge is 0.271 e. The summed E-state index contributed by atoms with van der Waals surface area (Å²) in [6, 6.07) is 12.9. The van der Waals surface area contributed by atoms with Crippen LogP contribution in [0.1, 0.15) is 5.56 Å². The van der Waals surface area contributed by atoms with Gasteiger partial charge in [-0.25, -0.2) is 0 Å². The van der Waals surface area contributed by atoms with E-state index in [9.17, 15) is 10.1 Å². The molecule has 1 N–H and O–H groups in total. The average Bonchev–Trinajstić information content (AvgIpc) is 2.38. The van der Waals surface area contributed by atoms with Crippen LogP contribution in [0, 0.1) is 10.1 Å². The van der Waals surface area contributed by atoms with Crippen molar-refractivity contribution in [3.8, 4) is 0 Å². The molecular formula is C13H10Br2N2O2. The van der Waals surface area contributed by atoms with Crippen molar-refractivity contribution in [1.29, 1.82) is 0 Å². The minimum Gasteiger partial charge on any atom is -0.379 e. The van der Waals surface area contributed by atoms with Gasteiger partial charge >= 0.3 is 0 Å². The van der Waals surface area contributed by atoms with Crippen LogP contribution < -0.4 is 5.32 Å². The van der Waals surface area contributed by atoms with Gasteiger partial charge in [-0.15, -0.1) is 0 Å². The fourth-order valence-corrected chi connectivity index (χ4v) is 3.06. The summed E-state index contributed by atoms with van der Waals surface area (Å²) in [5, 5.41) is 14.0. The SMILES string of the molecule is O=[N+]([O-])c1cc(Br)c(NCc2ccccc2)c(Br)c1. The summed E-state index contributed by atoms with van der Waals surface area (Å²) in [5.74, 6) is 0. The number of nitrogens with zero attached hydrogens (tertiary/aromatic N) is 1. The molecule has 0 aliphatic carbocycles. The van der Waals surface area contributed by atoms with E-state index in [0.29, 0.717) is 15.5 Å². The largest absolute Gasteiger partial charge is 0.379 e. The maximum atomic E-state index is 10.7. The number of nitro benzene ring substituents is 1. The van der Waals surface area contributed by atoms with E-state index >= 15 is 0 Å². The molecular weight excluding hydrogens is 376 g/mol. The molecule has 0 aromatic heterocycles. The fraction of sp³-hybridized carbons (Fsp3) is 0.0769. The van der Waals surface area contributed by atoms with Crippen molar-refractivity contribution < 1.29 is 4.92 Å². The van der Waals surface area contributed by atoms with Gasteiger partial charge in [0.25, 0.3) is 5.69 Å². The minimum atomic E-state index is -0.420. The van der Waals surface area contributed by atoms with E-state index in [1.807, 2.05) is 30.3 Å². The maximum absolute atomic E-state index is 10.7. The van der Waals surface area contributed by atoms with E-state index in [1.165, 1.54) is 12.1 Å². The van der Waals surface area contributed by atoms with E-state index in [2.05, 4.69) is 37.2 Å².